The zero-order chi connectivity index (χ0) is 19.9. The van der Waals surface area contributed by atoms with E-state index in [1.54, 1.807) is 38.9 Å². The fraction of sp³-hybridized carbons (Fsp3) is 0.600. The molecule has 2 aliphatic rings. The average molecular weight is 377 g/mol. The van der Waals surface area contributed by atoms with E-state index in [1.807, 2.05) is 15.9 Å². The molecule has 0 bridgehead atoms. The van der Waals surface area contributed by atoms with Crippen LogP contribution in [-0.4, -0.2) is 73.1 Å². The summed E-state index contributed by atoms with van der Waals surface area (Å²) in [6.45, 7) is 5.19. The molecule has 0 aromatic heterocycles. The minimum atomic E-state index is -0.883. The summed E-state index contributed by atoms with van der Waals surface area (Å²) in [5.74, 6) is -0.131. The summed E-state index contributed by atoms with van der Waals surface area (Å²) in [6.07, 6.45) is 0. The van der Waals surface area contributed by atoms with Crippen LogP contribution < -0.4 is 0 Å². The summed E-state index contributed by atoms with van der Waals surface area (Å²) in [7, 11) is 4.97. The number of nitrogens with zero attached hydrogens (tertiary/aromatic N) is 3. The van der Waals surface area contributed by atoms with E-state index in [9.17, 15) is 14.0 Å². The molecule has 6 nitrogen and oxygen atoms in total. The number of methoxy groups -OCH3 is 1. The zero-order valence-corrected chi connectivity index (χ0v) is 16.6. The van der Waals surface area contributed by atoms with Crippen LogP contribution in [0.5, 0.6) is 0 Å². The summed E-state index contributed by atoms with van der Waals surface area (Å²) >= 11 is 0. The van der Waals surface area contributed by atoms with Gasteiger partial charge < -0.3 is 19.4 Å². The molecule has 27 heavy (non-hydrogen) atoms. The van der Waals surface area contributed by atoms with Gasteiger partial charge in [0.15, 0.2) is 0 Å². The van der Waals surface area contributed by atoms with E-state index < -0.39 is 5.60 Å². The van der Waals surface area contributed by atoms with Gasteiger partial charge in [-0.25, -0.2) is 9.18 Å². The molecule has 2 fully saturated rings. The first-order valence-electron chi connectivity index (χ1n) is 9.23. The smallest absolute Gasteiger partial charge is 0.320 e. The monoisotopic (exact) mass is 377 g/mol. The molecule has 3 rings (SSSR count). The largest absolute Gasteiger partial charge is 0.369 e. The normalized spacial score (nSPS) is 24.9. The van der Waals surface area contributed by atoms with Crippen molar-refractivity contribution in [2.75, 3.05) is 40.8 Å². The molecule has 0 unspecified atom stereocenters. The molecule has 2 heterocycles. The first kappa shape index (κ1) is 19.6. The molecule has 1 aromatic rings. The lowest BCUT2D eigenvalue weighted by molar-refractivity contribution is -0.150. The highest BCUT2D eigenvalue weighted by Crippen LogP contribution is 2.45. The Morgan fingerprint density at radius 1 is 1.22 bits per heavy atom. The van der Waals surface area contributed by atoms with Crippen LogP contribution in [0.1, 0.15) is 25.5 Å². The summed E-state index contributed by atoms with van der Waals surface area (Å²) in [5, 5.41) is 0. The maximum absolute atomic E-state index is 13.9. The van der Waals surface area contributed by atoms with Crippen molar-refractivity contribution < 1.29 is 18.7 Å². The molecule has 148 valence electrons. The van der Waals surface area contributed by atoms with Gasteiger partial charge in [0.25, 0.3) is 5.91 Å². The Morgan fingerprint density at radius 3 is 2.52 bits per heavy atom. The highest BCUT2D eigenvalue weighted by molar-refractivity contribution is 5.85. The lowest BCUT2D eigenvalue weighted by Gasteiger charge is -2.33. The van der Waals surface area contributed by atoms with E-state index in [2.05, 4.69) is 0 Å². The number of halogens is 1. The second kappa shape index (κ2) is 7.11. The van der Waals surface area contributed by atoms with Crippen LogP contribution in [0.2, 0.25) is 0 Å². The Labute approximate surface area is 159 Å². The van der Waals surface area contributed by atoms with Gasteiger partial charge >= 0.3 is 6.03 Å². The van der Waals surface area contributed by atoms with E-state index in [1.165, 1.54) is 19.2 Å². The SMILES string of the molecule is COC(C)(C)C(=O)N1C[C@@H]2CN(C(=O)N(C)C)[C@@H](c3cccc(F)c3)[C@@H]2C1. The standard InChI is InChI=1S/C20H28FN3O3/c1-20(2,27-5)18(25)23-10-14-11-24(19(26)22(3)4)17(16(14)12-23)13-7-6-8-15(21)9-13/h6-9,14,16-17H,10-12H2,1-5H3/t14-,16-,17+/m1/s1. The molecule has 0 radical (unpaired) electrons. The fourth-order valence-electron chi connectivity index (χ4n) is 4.25. The third-order valence-corrected chi connectivity index (χ3v) is 5.80. The Hall–Kier alpha value is -2.15. The van der Waals surface area contributed by atoms with Crippen molar-refractivity contribution in [2.45, 2.75) is 25.5 Å². The molecule has 7 heteroatoms. The number of urea groups is 1. The molecule has 2 aliphatic heterocycles. The Balaban J connectivity index is 1.90. The Morgan fingerprint density at radius 2 is 1.93 bits per heavy atom. The van der Waals surface area contributed by atoms with Gasteiger partial charge in [0.2, 0.25) is 0 Å². The maximum atomic E-state index is 13.9. The molecule has 1 aromatic carbocycles. The van der Waals surface area contributed by atoms with Gasteiger partial charge in [-0.2, -0.15) is 0 Å². The third-order valence-electron chi connectivity index (χ3n) is 5.80. The molecule has 0 spiro atoms. The number of rotatable bonds is 3. The predicted molar refractivity (Wildman–Crippen MR) is 99.6 cm³/mol. The molecule has 0 saturated carbocycles. The van der Waals surface area contributed by atoms with Crippen molar-refractivity contribution in [2.24, 2.45) is 11.8 Å². The lowest BCUT2D eigenvalue weighted by atomic mass is 9.89. The van der Waals surface area contributed by atoms with Gasteiger partial charge in [-0.1, -0.05) is 12.1 Å². The molecule has 0 N–H and O–H groups in total. The zero-order valence-electron chi connectivity index (χ0n) is 16.6. The van der Waals surface area contributed by atoms with Gasteiger partial charge in [0.1, 0.15) is 11.4 Å². The van der Waals surface area contributed by atoms with E-state index in [4.69, 9.17) is 4.74 Å². The molecular weight excluding hydrogens is 349 g/mol. The molecule has 3 amide bonds. The van der Waals surface area contributed by atoms with Gasteiger partial charge in [-0.3, -0.25) is 4.79 Å². The van der Waals surface area contributed by atoms with Crippen molar-refractivity contribution in [3.05, 3.63) is 35.6 Å². The highest BCUT2D eigenvalue weighted by atomic mass is 19.1. The molecular formula is C20H28FN3O3. The van der Waals surface area contributed by atoms with Crippen molar-refractivity contribution in [1.82, 2.24) is 14.7 Å². The average Bonchev–Trinajstić information content (AvgIpc) is 3.17. The quantitative estimate of drug-likeness (QED) is 0.813. The van der Waals surface area contributed by atoms with Crippen LogP contribution in [0.25, 0.3) is 0 Å². The number of amides is 3. The van der Waals surface area contributed by atoms with Crippen LogP contribution in [0, 0.1) is 17.7 Å². The first-order chi connectivity index (χ1) is 12.7. The van der Waals surface area contributed by atoms with E-state index in [-0.39, 0.29) is 35.6 Å². The number of benzene rings is 1. The van der Waals surface area contributed by atoms with Crippen LogP contribution in [0.3, 0.4) is 0 Å². The summed E-state index contributed by atoms with van der Waals surface area (Å²) in [4.78, 5) is 30.7. The van der Waals surface area contributed by atoms with E-state index in [0.717, 1.165) is 5.56 Å². The second-order valence-corrected chi connectivity index (χ2v) is 8.18. The minimum absolute atomic E-state index is 0.0529. The number of fused-ring (bicyclic) bond motifs is 1. The number of hydrogen-bond acceptors (Lipinski definition) is 3. The predicted octanol–water partition coefficient (Wildman–Crippen LogP) is 2.36. The number of ether oxygens (including phenoxy) is 1. The molecule has 3 atom stereocenters. The van der Waals surface area contributed by atoms with Crippen LogP contribution in [-0.2, 0) is 9.53 Å². The van der Waals surface area contributed by atoms with Crippen LogP contribution >= 0.6 is 0 Å². The second-order valence-electron chi connectivity index (χ2n) is 8.18. The van der Waals surface area contributed by atoms with Crippen molar-refractivity contribution in [1.29, 1.82) is 0 Å². The number of likely N-dealkylation sites (tertiary alicyclic amines) is 2. The van der Waals surface area contributed by atoms with E-state index >= 15 is 0 Å². The van der Waals surface area contributed by atoms with Crippen molar-refractivity contribution >= 4 is 11.9 Å². The lowest BCUT2D eigenvalue weighted by Crippen LogP contribution is -2.47. The maximum Gasteiger partial charge on any atom is 0.320 e. The van der Waals surface area contributed by atoms with Gasteiger partial charge in [0.05, 0.1) is 6.04 Å². The minimum Gasteiger partial charge on any atom is -0.369 e. The van der Waals surface area contributed by atoms with E-state index in [0.29, 0.717) is 19.6 Å². The van der Waals surface area contributed by atoms with Crippen LogP contribution in [0.15, 0.2) is 24.3 Å². The molecule has 2 saturated heterocycles. The molecule has 0 aliphatic carbocycles. The van der Waals surface area contributed by atoms with Crippen molar-refractivity contribution in [3.8, 4) is 0 Å². The first-order valence-corrected chi connectivity index (χ1v) is 9.23. The summed E-state index contributed by atoms with van der Waals surface area (Å²) in [6, 6.07) is 6.09. The summed E-state index contributed by atoms with van der Waals surface area (Å²) in [5.41, 5.74) is -0.107. The number of hydrogen-bond donors (Lipinski definition) is 0. The van der Waals surface area contributed by atoms with Crippen molar-refractivity contribution in [3.63, 3.8) is 0 Å². The van der Waals surface area contributed by atoms with Gasteiger partial charge in [-0.15, -0.1) is 0 Å². The Kier molecular flexibility index (Phi) is 5.16. The third kappa shape index (κ3) is 3.52. The van der Waals surface area contributed by atoms with Crippen LogP contribution in [0.4, 0.5) is 9.18 Å². The van der Waals surface area contributed by atoms with Gasteiger partial charge in [-0.05, 0) is 31.5 Å². The topological polar surface area (TPSA) is 53.1 Å². The Bertz CT molecular complexity index is 737. The number of carbonyl (C=O) groups excluding carboxylic acids is 2. The van der Waals surface area contributed by atoms with Gasteiger partial charge in [0, 0.05) is 52.7 Å². The summed E-state index contributed by atoms with van der Waals surface area (Å²) < 4.78 is 19.2. The number of carbonyl (C=O) groups is 2. The highest BCUT2D eigenvalue weighted by Gasteiger charge is 2.51. The fourth-order valence-corrected chi connectivity index (χ4v) is 4.25.